The fourth-order valence-electron chi connectivity index (χ4n) is 2.33. The zero-order valence-corrected chi connectivity index (χ0v) is 10.6. The van der Waals surface area contributed by atoms with Crippen LogP contribution in [0.4, 0.5) is 5.69 Å². The first-order chi connectivity index (χ1) is 8.75. The first kappa shape index (κ1) is 12.9. The van der Waals surface area contributed by atoms with Gasteiger partial charge in [0, 0.05) is 17.8 Å². The standard InChI is InChI=1S/C14H21N3O/c15-12-8-4-5-9-13(12)17-14(18)10-16-11-6-2-1-3-7-11/h1-3,6-7,12-13,16H,4-5,8-10,15H2,(H,17,18). The third-order valence-electron chi connectivity index (χ3n) is 3.39. The van der Waals surface area contributed by atoms with Crippen molar-refractivity contribution in [3.8, 4) is 0 Å². The van der Waals surface area contributed by atoms with Crippen LogP contribution in [-0.4, -0.2) is 24.5 Å². The first-order valence-electron chi connectivity index (χ1n) is 6.59. The topological polar surface area (TPSA) is 67.1 Å². The Morgan fingerprint density at radius 2 is 1.94 bits per heavy atom. The lowest BCUT2D eigenvalue weighted by atomic mass is 9.91. The molecule has 98 valence electrons. The maximum atomic E-state index is 11.8. The second kappa shape index (κ2) is 6.40. The van der Waals surface area contributed by atoms with Crippen molar-refractivity contribution in [2.75, 3.05) is 11.9 Å². The lowest BCUT2D eigenvalue weighted by molar-refractivity contribution is -0.120. The number of nitrogens with two attached hydrogens (primary N) is 1. The average molecular weight is 247 g/mol. The van der Waals surface area contributed by atoms with Crippen LogP contribution in [0.2, 0.25) is 0 Å². The van der Waals surface area contributed by atoms with Crippen LogP contribution in [0.25, 0.3) is 0 Å². The van der Waals surface area contributed by atoms with Gasteiger partial charge < -0.3 is 16.4 Å². The van der Waals surface area contributed by atoms with Crippen molar-refractivity contribution < 1.29 is 4.79 Å². The van der Waals surface area contributed by atoms with Crippen LogP contribution in [-0.2, 0) is 4.79 Å². The molecule has 18 heavy (non-hydrogen) atoms. The van der Waals surface area contributed by atoms with E-state index in [1.54, 1.807) is 0 Å². The zero-order valence-electron chi connectivity index (χ0n) is 10.6. The second-order valence-corrected chi connectivity index (χ2v) is 4.84. The number of carbonyl (C=O) groups excluding carboxylic acids is 1. The summed E-state index contributed by atoms with van der Waals surface area (Å²) in [6, 6.07) is 9.98. The van der Waals surface area contributed by atoms with Gasteiger partial charge in [0.2, 0.25) is 5.91 Å². The van der Waals surface area contributed by atoms with E-state index in [1.807, 2.05) is 30.3 Å². The monoisotopic (exact) mass is 247 g/mol. The van der Waals surface area contributed by atoms with Crippen LogP contribution in [0.15, 0.2) is 30.3 Å². The van der Waals surface area contributed by atoms with E-state index < -0.39 is 0 Å². The van der Waals surface area contributed by atoms with E-state index in [4.69, 9.17) is 5.73 Å². The van der Waals surface area contributed by atoms with E-state index in [2.05, 4.69) is 10.6 Å². The number of rotatable bonds is 4. The normalized spacial score (nSPS) is 23.4. The highest BCUT2D eigenvalue weighted by atomic mass is 16.2. The van der Waals surface area contributed by atoms with Crippen LogP contribution < -0.4 is 16.4 Å². The zero-order chi connectivity index (χ0) is 12.8. The molecule has 1 fully saturated rings. The smallest absolute Gasteiger partial charge is 0.239 e. The molecule has 1 aromatic carbocycles. The Morgan fingerprint density at radius 1 is 1.22 bits per heavy atom. The number of carbonyl (C=O) groups is 1. The summed E-state index contributed by atoms with van der Waals surface area (Å²) < 4.78 is 0. The molecule has 0 bridgehead atoms. The van der Waals surface area contributed by atoms with Crippen molar-refractivity contribution >= 4 is 11.6 Å². The number of anilines is 1. The molecule has 1 aromatic rings. The van der Waals surface area contributed by atoms with E-state index >= 15 is 0 Å². The van der Waals surface area contributed by atoms with Gasteiger partial charge in [-0.3, -0.25) is 4.79 Å². The third-order valence-corrected chi connectivity index (χ3v) is 3.39. The van der Waals surface area contributed by atoms with Gasteiger partial charge in [0.25, 0.3) is 0 Å². The predicted octanol–water partition coefficient (Wildman–Crippen LogP) is 1.48. The van der Waals surface area contributed by atoms with Crippen molar-refractivity contribution in [2.45, 2.75) is 37.8 Å². The molecule has 1 aliphatic rings. The van der Waals surface area contributed by atoms with Gasteiger partial charge in [0.05, 0.1) is 6.54 Å². The molecule has 0 radical (unpaired) electrons. The number of amides is 1. The molecule has 0 saturated heterocycles. The fourth-order valence-corrected chi connectivity index (χ4v) is 2.33. The molecule has 0 heterocycles. The number of hydrogen-bond donors (Lipinski definition) is 3. The summed E-state index contributed by atoms with van der Waals surface area (Å²) in [5.41, 5.74) is 6.96. The van der Waals surface area contributed by atoms with Gasteiger partial charge in [0.1, 0.15) is 0 Å². The van der Waals surface area contributed by atoms with Crippen molar-refractivity contribution in [1.82, 2.24) is 5.32 Å². The molecular weight excluding hydrogens is 226 g/mol. The summed E-state index contributed by atoms with van der Waals surface area (Å²) in [5, 5.41) is 6.11. The van der Waals surface area contributed by atoms with Crippen LogP contribution in [0.1, 0.15) is 25.7 Å². The maximum Gasteiger partial charge on any atom is 0.239 e. The summed E-state index contributed by atoms with van der Waals surface area (Å²) in [5.74, 6) is 0.0150. The first-order valence-corrected chi connectivity index (χ1v) is 6.59. The summed E-state index contributed by atoms with van der Waals surface area (Å²) in [6.45, 7) is 0.299. The summed E-state index contributed by atoms with van der Waals surface area (Å²) in [7, 11) is 0. The number of nitrogens with one attached hydrogen (secondary N) is 2. The Balaban J connectivity index is 1.75. The van der Waals surface area contributed by atoms with Crippen molar-refractivity contribution in [3.63, 3.8) is 0 Å². The average Bonchev–Trinajstić information content (AvgIpc) is 2.40. The lowest BCUT2D eigenvalue weighted by Gasteiger charge is -2.29. The van der Waals surface area contributed by atoms with Gasteiger partial charge in [-0.2, -0.15) is 0 Å². The molecule has 0 spiro atoms. The fraction of sp³-hybridized carbons (Fsp3) is 0.500. The van der Waals surface area contributed by atoms with Crippen molar-refractivity contribution in [1.29, 1.82) is 0 Å². The molecule has 0 aromatic heterocycles. The van der Waals surface area contributed by atoms with Gasteiger partial charge in [-0.15, -0.1) is 0 Å². The van der Waals surface area contributed by atoms with Crippen molar-refractivity contribution in [3.05, 3.63) is 30.3 Å². The minimum atomic E-state index is 0.0150. The molecule has 4 N–H and O–H groups in total. The Hall–Kier alpha value is -1.55. The molecule has 1 saturated carbocycles. The quantitative estimate of drug-likeness (QED) is 0.755. The highest BCUT2D eigenvalue weighted by Crippen LogP contribution is 2.16. The minimum absolute atomic E-state index is 0.0150. The third kappa shape index (κ3) is 3.74. The molecular formula is C14H21N3O. The SMILES string of the molecule is NC1CCCCC1NC(=O)CNc1ccccc1. The largest absolute Gasteiger partial charge is 0.376 e. The molecule has 4 heteroatoms. The van der Waals surface area contributed by atoms with Crippen LogP contribution in [0, 0.1) is 0 Å². The highest BCUT2D eigenvalue weighted by molar-refractivity contribution is 5.81. The van der Waals surface area contributed by atoms with E-state index in [0.717, 1.165) is 24.9 Å². The molecule has 1 amide bonds. The number of para-hydroxylation sites is 1. The van der Waals surface area contributed by atoms with Gasteiger partial charge >= 0.3 is 0 Å². The number of benzene rings is 1. The van der Waals surface area contributed by atoms with Crippen LogP contribution in [0.3, 0.4) is 0 Å². The summed E-state index contributed by atoms with van der Waals surface area (Å²) in [4.78, 5) is 11.8. The highest BCUT2D eigenvalue weighted by Gasteiger charge is 2.22. The number of hydrogen-bond acceptors (Lipinski definition) is 3. The van der Waals surface area contributed by atoms with Crippen molar-refractivity contribution in [2.24, 2.45) is 5.73 Å². The van der Waals surface area contributed by atoms with E-state index in [1.165, 1.54) is 6.42 Å². The second-order valence-electron chi connectivity index (χ2n) is 4.84. The lowest BCUT2D eigenvalue weighted by Crippen LogP contribution is -2.50. The van der Waals surface area contributed by atoms with Crippen LogP contribution in [0.5, 0.6) is 0 Å². The summed E-state index contributed by atoms with van der Waals surface area (Å²) in [6.07, 6.45) is 4.34. The molecule has 0 aliphatic heterocycles. The minimum Gasteiger partial charge on any atom is -0.376 e. The van der Waals surface area contributed by atoms with E-state index in [-0.39, 0.29) is 18.0 Å². The Kier molecular flexibility index (Phi) is 4.59. The molecule has 2 unspecified atom stereocenters. The van der Waals surface area contributed by atoms with E-state index in [0.29, 0.717) is 6.54 Å². The van der Waals surface area contributed by atoms with Crippen LogP contribution >= 0.6 is 0 Å². The molecule has 2 rings (SSSR count). The molecule has 1 aliphatic carbocycles. The molecule has 2 atom stereocenters. The van der Waals surface area contributed by atoms with Gasteiger partial charge in [0.15, 0.2) is 0 Å². The van der Waals surface area contributed by atoms with E-state index in [9.17, 15) is 4.79 Å². The Bertz CT molecular complexity index is 380. The summed E-state index contributed by atoms with van der Waals surface area (Å²) >= 11 is 0. The Labute approximate surface area is 108 Å². The predicted molar refractivity (Wildman–Crippen MR) is 73.3 cm³/mol. The van der Waals surface area contributed by atoms with Gasteiger partial charge in [-0.1, -0.05) is 31.0 Å². The molecule has 4 nitrogen and oxygen atoms in total. The van der Waals surface area contributed by atoms with Gasteiger partial charge in [-0.05, 0) is 25.0 Å². The van der Waals surface area contributed by atoms with Gasteiger partial charge in [-0.25, -0.2) is 0 Å². The Morgan fingerprint density at radius 3 is 2.67 bits per heavy atom. The maximum absolute atomic E-state index is 11.8.